The zero-order chi connectivity index (χ0) is 12.3. The minimum absolute atomic E-state index is 0.654. The number of hydrogen-bond donors (Lipinski definition) is 1. The summed E-state index contributed by atoms with van der Waals surface area (Å²) in [6, 6.07) is 3.88. The summed E-state index contributed by atoms with van der Waals surface area (Å²) in [5, 5.41) is 10.4. The lowest BCUT2D eigenvalue weighted by Gasteiger charge is -2.14. The summed E-state index contributed by atoms with van der Waals surface area (Å²) in [6.45, 7) is 4.87. The van der Waals surface area contributed by atoms with Crippen molar-refractivity contribution in [3.63, 3.8) is 0 Å². The van der Waals surface area contributed by atoms with E-state index in [0.717, 1.165) is 18.5 Å². The van der Waals surface area contributed by atoms with Gasteiger partial charge in [-0.15, -0.1) is 0 Å². The van der Waals surface area contributed by atoms with Crippen molar-refractivity contribution >= 4 is 0 Å². The van der Waals surface area contributed by atoms with Crippen molar-refractivity contribution < 1.29 is 5.11 Å². The van der Waals surface area contributed by atoms with E-state index in [1.54, 1.807) is 12.4 Å². The number of aliphatic hydroxyl groups excluding tert-OH is 1. The van der Waals surface area contributed by atoms with Crippen LogP contribution in [0.3, 0.4) is 0 Å². The molecule has 0 aliphatic rings. The molecule has 0 fully saturated rings. The van der Waals surface area contributed by atoms with E-state index in [0.29, 0.717) is 11.5 Å². The lowest BCUT2D eigenvalue weighted by atomic mass is 10.1. The molecule has 0 amide bonds. The molecule has 0 saturated carbocycles. The zero-order valence-corrected chi connectivity index (χ0v) is 10.2. The highest BCUT2D eigenvalue weighted by Crippen LogP contribution is 2.22. The van der Waals surface area contributed by atoms with Crippen LogP contribution in [0.5, 0.6) is 0 Å². The van der Waals surface area contributed by atoms with Crippen LogP contribution < -0.4 is 0 Å². The molecule has 0 spiro atoms. The SMILES string of the molecule is CCc1cccnc1C(O)c1nccn1CC. The molecular formula is C13H17N3O. The molecule has 0 bridgehead atoms. The minimum Gasteiger partial charge on any atom is -0.379 e. The second-order valence-corrected chi connectivity index (χ2v) is 3.88. The Kier molecular flexibility index (Phi) is 3.54. The minimum atomic E-state index is -0.749. The Balaban J connectivity index is 2.40. The third kappa shape index (κ3) is 2.22. The molecule has 2 aromatic rings. The van der Waals surface area contributed by atoms with Crippen LogP contribution >= 0.6 is 0 Å². The normalized spacial score (nSPS) is 12.6. The predicted octanol–water partition coefficient (Wildman–Crippen LogP) is 1.94. The Labute approximate surface area is 101 Å². The second kappa shape index (κ2) is 5.10. The third-order valence-corrected chi connectivity index (χ3v) is 2.90. The molecule has 2 rings (SSSR count). The lowest BCUT2D eigenvalue weighted by Crippen LogP contribution is -2.12. The lowest BCUT2D eigenvalue weighted by molar-refractivity contribution is 0.199. The second-order valence-electron chi connectivity index (χ2n) is 3.88. The van der Waals surface area contributed by atoms with Crippen LogP contribution in [0.2, 0.25) is 0 Å². The monoisotopic (exact) mass is 231 g/mol. The average molecular weight is 231 g/mol. The third-order valence-electron chi connectivity index (χ3n) is 2.90. The molecule has 4 heteroatoms. The molecule has 0 radical (unpaired) electrons. The maximum Gasteiger partial charge on any atom is 0.154 e. The molecule has 1 unspecified atom stereocenters. The summed E-state index contributed by atoms with van der Waals surface area (Å²) in [7, 11) is 0. The average Bonchev–Trinajstić information content (AvgIpc) is 2.86. The van der Waals surface area contributed by atoms with Gasteiger partial charge in [0.1, 0.15) is 5.82 Å². The van der Waals surface area contributed by atoms with Crippen molar-refractivity contribution in [1.82, 2.24) is 14.5 Å². The summed E-state index contributed by atoms with van der Waals surface area (Å²) < 4.78 is 1.93. The summed E-state index contributed by atoms with van der Waals surface area (Å²) in [6.07, 6.45) is 5.38. The smallest absolute Gasteiger partial charge is 0.154 e. The Hall–Kier alpha value is -1.68. The first kappa shape index (κ1) is 11.8. The van der Waals surface area contributed by atoms with E-state index in [-0.39, 0.29) is 0 Å². The molecule has 2 heterocycles. The highest BCUT2D eigenvalue weighted by Gasteiger charge is 2.19. The van der Waals surface area contributed by atoms with Gasteiger partial charge >= 0.3 is 0 Å². The largest absolute Gasteiger partial charge is 0.379 e. The van der Waals surface area contributed by atoms with E-state index < -0.39 is 6.10 Å². The van der Waals surface area contributed by atoms with Crippen molar-refractivity contribution in [3.05, 3.63) is 47.8 Å². The molecule has 1 atom stereocenters. The molecule has 0 aromatic carbocycles. The topological polar surface area (TPSA) is 50.9 Å². The van der Waals surface area contributed by atoms with Gasteiger partial charge in [0.15, 0.2) is 6.10 Å². The van der Waals surface area contributed by atoms with Crippen LogP contribution in [0.15, 0.2) is 30.7 Å². The van der Waals surface area contributed by atoms with Crippen LogP contribution in [0.4, 0.5) is 0 Å². The Morgan fingerprint density at radius 3 is 2.82 bits per heavy atom. The van der Waals surface area contributed by atoms with E-state index in [4.69, 9.17) is 0 Å². The van der Waals surface area contributed by atoms with Crippen LogP contribution in [-0.4, -0.2) is 19.6 Å². The van der Waals surface area contributed by atoms with Crippen molar-refractivity contribution in [2.75, 3.05) is 0 Å². The van der Waals surface area contributed by atoms with E-state index in [2.05, 4.69) is 16.9 Å². The van der Waals surface area contributed by atoms with Crippen LogP contribution in [-0.2, 0) is 13.0 Å². The highest BCUT2D eigenvalue weighted by atomic mass is 16.3. The molecule has 0 aliphatic heterocycles. The van der Waals surface area contributed by atoms with Crippen LogP contribution in [0, 0.1) is 0 Å². The number of hydrogen-bond acceptors (Lipinski definition) is 3. The van der Waals surface area contributed by atoms with Crippen LogP contribution in [0.1, 0.15) is 37.0 Å². The summed E-state index contributed by atoms with van der Waals surface area (Å²) in [4.78, 5) is 8.49. The predicted molar refractivity (Wildman–Crippen MR) is 65.6 cm³/mol. The van der Waals surface area contributed by atoms with E-state index in [9.17, 15) is 5.11 Å². The fraction of sp³-hybridized carbons (Fsp3) is 0.385. The molecule has 90 valence electrons. The van der Waals surface area contributed by atoms with Crippen molar-refractivity contribution in [2.24, 2.45) is 0 Å². The molecule has 17 heavy (non-hydrogen) atoms. The number of pyridine rings is 1. The first-order valence-electron chi connectivity index (χ1n) is 5.90. The number of aliphatic hydroxyl groups is 1. The fourth-order valence-corrected chi connectivity index (χ4v) is 1.95. The molecule has 0 aliphatic carbocycles. The van der Waals surface area contributed by atoms with Gasteiger partial charge in [0.2, 0.25) is 0 Å². The zero-order valence-electron chi connectivity index (χ0n) is 10.2. The Bertz CT molecular complexity index is 493. The van der Waals surface area contributed by atoms with Crippen molar-refractivity contribution in [1.29, 1.82) is 0 Å². The quantitative estimate of drug-likeness (QED) is 0.875. The Morgan fingerprint density at radius 1 is 1.29 bits per heavy atom. The highest BCUT2D eigenvalue weighted by molar-refractivity contribution is 5.25. The van der Waals surface area contributed by atoms with E-state index in [1.807, 2.05) is 29.8 Å². The van der Waals surface area contributed by atoms with E-state index >= 15 is 0 Å². The maximum atomic E-state index is 10.4. The number of aromatic nitrogens is 3. The molecule has 1 N–H and O–H groups in total. The summed E-state index contributed by atoms with van der Waals surface area (Å²) >= 11 is 0. The number of aryl methyl sites for hydroxylation is 2. The van der Waals surface area contributed by atoms with Crippen molar-refractivity contribution in [2.45, 2.75) is 32.9 Å². The van der Waals surface area contributed by atoms with E-state index in [1.165, 1.54) is 0 Å². The van der Waals surface area contributed by atoms with Gasteiger partial charge in [0.05, 0.1) is 5.69 Å². The van der Waals surface area contributed by atoms with Crippen molar-refractivity contribution in [3.8, 4) is 0 Å². The van der Waals surface area contributed by atoms with Gasteiger partial charge in [-0.1, -0.05) is 13.0 Å². The van der Waals surface area contributed by atoms with Crippen LogP contribution in [0.25, 0.3) is 0 Å². The molecular weight excluding hydrogens is 214 g/mol. The first-order chi connectivity index (χ1) is 8.27. The number of rotatable bonds is 4. The Morgan fingerprint density at radius 2 is 2.12 bits per heavy atom. The molecule has 2 aromatic heterocycles. The van der Waals surface area contributed by atoms with Gasteiger partial charge in [-0.3, -0.25) is 4.98 Å². The van der Waals surface area contributed by atoms with Gasteiger partial charge in [0, 0.05) is 25.1 Å². The summed E-state index contributed by atoms with van der Waals surface area (Å²) in [5.41, 5.74) is 1.77. The molecule has 0 saturated heterocycles. The first-order valence-corrected chi connectivity index (χ1v) is 5.90. The van der Waals surface area contributed by atoms with Gasteiger partial charge in [-0.25, -0.2) is 4.98 Å². The standard InChI is InChI=1S/C13H17N3O/c1-3-10-6-5-7-14-11(10)12(17)13-15-8-9-16(13)4-2/h5-9,12,17H,3-4H2,1-2H3. The molecule has 4 nitrogen and oxygen atoms in total. The fourth-order valence-electron chi connectivity index (χ4n) is 1.95. The number of imidazole rings is 1. The van der Waals surface area contributed by atoms with Gasteiger partial charge in [0.25, 0.3) is 0 Å². The maximum absolute atomic E-state index is 10.4. The van der Waals surface area contributed by atoms with Gasteiger partial charge in [-0.2, -0.15) is 0 Å². The van der Waals surface area contributed by atoms with Gasteiger partial charge in [-0.05, 0) is 25.0 Å². The van der Waals surface area contributed by atoms with Gasteiger partial charge < -0.3 is 9.67 Å². The summed E-state index contributed by atoms with van der Waals surface area (Å²) in [5.74, 6) is 0.654. The number of nitrogens with zero attached hydrogens (tertiary/aromatic N) is 3.